The van der Waals surface area contributed by atoms with Gasteiger partial charge < -0.3 is 25.4 Å². The fraction of sp³-hybridized carbons (Fsp3) is 0.264. The predicted molar refractivity (Wildman–Crippen MR) is 250 cm³/mol. The summed E-state index contributed by atoms with van der Waals surface area (Å²) in [7, 11) is 1.38. The highest BCUT2D eigenvalue weighted by atomic mass is 19.3. The normalized spacial score (nSPS) is 11.8. The van der Waals surface area contributed by atoms with Crippen molar-refractivity contribution in [2.75, 3.05) is 6.54 Å². The number of aliphatic carboxylic acids is 2. The molecule has 382 valence electrons. The SMILES string of the molecule is CC(C)(F)c1ccc(Cc2cccc(CC(NC(=O)c3c(F)cccc3F)C(=O)O)c2)c(C(C)(F)F)c1.Cc1cccc(Cc2ccc(C(C)(F)F)n(C)c2=O)c1.O=C(O)CNC(=O)c1c(F)cccc1F. The monoisotopic (exact) mass is 1010 g/mol. The summed E-state index contributed by atoms with van der Waals surface area (Å²) in [6.07, 6.45) is 0.283. The van der Waals surface area contributed by atoms with Crippen molar-refractivity contribution in [1.29, 1.82) is 0 Å². The Morgan fingerprint density at radius 2 is 1.10 bits per heavy atom. The van der Waals surface area contributed by atoms with Crippen molar-refractivity contribution < 1.29 is 68.9 Å². The van der Waals surface area contributed by atoms with Gasteiger partial charge in [0.25, 0.3) is 29.2 Å². The van der Waals surface area contributed by atoms with Crippen molar-refractivity contribution in [3.8, 4) is 0 Å². The van der Waals surface area contributed by atoms with Crippen molar-refractivity contribution >= 4 is 23.8 Å². The number of nitrogens with zero attached hydrogens (tertiary/aromatic N) is 1. The average Bonchev–Trinajstić information content (AvgIpc) is 3.26. The molecular weight excluding hydrogens is 962 g/mol. The van der Waals surface area contributed by atoms with E-state index >= 15 is 0 Å². The molecule has 10 nitrogen and oxygen atoms in total. The molecule has 1 heterocycles. The number of aryl methyl sites for hydroxylation is 1. The maximum atomic E-state index is 14.4. The highest BCUT2D eigenvalue weighted by molar-refractivity contribution is 5.97. The van der Waals surface area contributed by atoms with Gasteiger partial charge in [-0.25, -0.2) is 44.3 Å². The zero-order chi connectivity index (χ0) is 53.9. The van der Waals surface area contributed by atoms with E-state index in [9.17, 15) is 68.6 Å². The van der Waals surface area contributed by atoms with Gasteiger partial charge in [-0.05, 0) is 91.4 Å². The van der Waals surface area contributed by atoms with Crippen LogP contribution in [0.5, 0.6) is 0 Å². The van der Waals surface area contributed by atoms with Gasteiger partial charge in [-0.15, -0.1) is 0 Å². The van der Waals surface area contributed by atoms with E-state index in [0.717, 1.165) is 72.0 Å². The third kappa shape index (κ3) is 15.9. The van der Waals surface area contributed by atoms with Crippen LogP contribution in [0.25, 0.3) is 0 Å². The Bertz CT molecular complexity index is 2960. The van der Waals surface area contributed by atoms with Crippen molar-refractivity contribution in [2.45, 2.75) is 77.4 Å². The molecule has 0 radical (unpaired) electrons. The second kappa shape index (κ2) is 23.9. The molecule has 1 unspecified atom stereocenters. The number of rotatable bonds is 15. The second-order valence-corrected chi connectivity index (χ2v) is 17.2. The first-order valence-corrected chi connectivity index (χ1v) is 21.8. The summed E-state index contributed by atoms with van der Waals surface area (Å²) < 4.78 is 125. The van der Waals surface area contributed by atoms with Crippen molar-refractivity contribution in [3.05, 3.63) is 210 Å². The number of hydrogen-bond donors (Lipinski definition) is 4. The number of amides is 2. The summed E-state index contributed by atoms with van der Waals surface area (Å²) in [5.74, 6) is -15.6. The zero-order valence-corrected chi connectivity index (χ0v) is 39.7. The molecule has 0 saturated heterocycles. The third-order valence-corrected chi connectivity index (χ3v) is 10.8. The zero-order valence-electron chi connectivity index (χ0n) is 39.7. The molecule has 0 aliphatic heterocycles. The molecular formula is C53H50F9N3O7. The number of pyridine rings is 1. The quantitative estimate of drug-likeness (QED) is 0.0747. The molecule has 6 aromatic rings. The summed E-state index contributed by atoms with van der Waals surface area (Å²) in [6, 6.07) is 25.4. The van der Waals surface area contributed by atoms with Gasteiger partial charge in [-0.3, -0.25) is 19.2 Å². The van der Waals surface area contributed by atoms with Crippen LogP contribution in [-0.4, -0.2) is 51.1 Å². The Morgan fingerprint density at radius 3 is 1.60 bits per heavy atom. The molecule has 1 atom stereocenters. The molecule has 19 heteroatoms. The van der Waals surface area contributed by atoms with Crippen LogP contribution in [0.2, 0.25) is 0 Å². The number of carboxylic acid groups (broad SMARTS) is 2. The Hall–Kier alpha value is -7.70. The Balaban J connectivity index is 0.000000267. The number of aromatic nitrogens is 1. The van der Waals surface area contributed by atoms with Crippen LogP contribution in [0.1, 0.15) is 98.6 Å². The van der Waals surface area contributed by atoms with Crippen molar-refractivity contribution in [1.82, 2.24) is 15.2 Å². The number of alkyl halides is 5. The summed E-state index contributed by atoms with van der Waals surface area (Å²) in [5, 5.41) is 21.8. The molecule has 0 spiro atoms. The fourth-order valence-electron chi connectivity index (χ4n) is 7.24. The van der Waals surface area contributed by atoms with E-state index in [4.69, 9.17) is 5.11 Å². The van der Waals surface area contributed by atoms with Crippen LogP contribution in [0, 0.1) is 30.2 Å². The molecule has 1 aromatic heterocycles. The van der Waals surface area contributed by atoms with Crippen molar-refractivity contribution in [2.24, 2.45) is 7.05 Å². The molecule has 4 N–H and O–H groups in total. The van der Waals surface area contributed by atoms with E-state index in [-0.39, 0.29) is 40.8 Å². The Kier molecular flexibility index (Phi) is 18.9. The number of hydrogen-bond acceptors (Lipinski definition) is 5. The summed E-state index contributed by atoms with van der Waals surface area (Å²) in [4.78, 5) is 57.5. The van der Waals surface area contributed by atoms with Gasteiger partial charge in [0, 0.05) is 44.9 Å². The number of benzene rings is 5. The number of carboxylic acids is 2. The van der Waals surface area contributed by atoms with Gasteiger partial charge in [0.05, 0.1) is 5.69 Å². The summed E-state index contributed by atoms with van der Waals surface area (Å²) in [6.45, 7) is 5.37. The number of carbonyl (C=O) groups excluding carboxylic acids is 2. The molecule has 0 fully saturated rings. The Labute approximate surface area is 408 Å². The van der Waals surface area contributed by atoms with Crippen LogP contribution in [-0.2, 0) is 53.4 Å². The third-order valence-electron chi connectivity index (χ3n) is 10.8. The number of carbonyl (C=O) groups is 4. The molecule has 5 aromatic carbocycles. The maximum absolute atomic E-state index is 14.4. The van der Waals surface area contributed by atoms with Crippen molar-refractivity contribution in [3.63, 3.8) is 0 Å². The fourth-order valence-corrected chi connectivity index (χ4v) is 7.24. The summed E-state index contributed by atoms with van der Waals surface area (Å²) in [5.41, 5.74) is -0.389. The number of halogens is 9. The van der Waals surface area contributed by atoms with E-state index in [2.05, 4.69) is 5.32 Å². The largest absolute Gasteiger partial charge is 0.480 e. The summed E-state index contributed by atoms with van der Waals surface area (Å²) >= 11 is 0. The van der Waals surface area contributed by atoms with E-state index < -0.39 is 88.2 Å². The first-order chi connectivity index (χ1) is 33.5. The minimum atomic E-state index is -3.23. The average molecular weight is 1010 g/mol. The van der Waals surface area contributed by atoms with E-state index in [0.29, 0.717) is 23.1 Å². The first-order valence-electron chi connectivity index (χ1n) is 21.8. The molecule has 72 heavy (non-hydrogen) atoms. The minimum absolute atomic E-state index is 0.0597. The lowest BCUT2D eigenvalue weighted by atomic mass is 9.90. The smallest absolute Gasteiger partial charge is 0.326 e. The molecule has 2 amide bonds. The van der Waals surface area contributed by atoms with Crippen LogP contribution in [0.15, 0.2) is 120 Å². The van der Waals surface area contributed by atoms with Gasteiger partial charge in [0.15, 0.2) is 0 Å². The van der Waals surface area contributed by atoms with Crippen LogP contribution in [0.4, 0.5) is 39.5 Å². The lowest BCUT2D eigenvalue weighted by Crippen LogP contribution is -2.43. The molecule has 0 saturated carbocycles. The second-order valence-electron chi connectivity index (χ2n) is 17.2. The van der Waals surface area contributed by atoms with E-state index in [1.165, 1.54) is 45.2 Å². The lowest BCUT2D eigenvalue weighted by molar-refractivity contribution is -0.139. The van der Waals surface area contributed by atoms with E-state index in [1.807, 2.05) is 36.5 Å². The van der Waals surface area contributed by atoms with Gasteiger partial charge in [-0.1, -0.05) is 84.4 Å². The topological polar surface area (TPSA) is 155 Å². The minimum Gasteiger partial charge on any atom is -0.480 e. The highest BCUT2D eigenvalue weighted by Gasteiger charge is 2.31. The molecule has 6 rings (SSSR count). The van der Waals surface area contributed by atoms with Gasteiger partial charge in [0.1, 0.15) is 52.7 Å². The number of nitrogens with one attached hydrogen (secondary N) is 2. The standard InChI is InChI=1S/C28H26F5NO3.C16H17F2NO.C9H7F2NO3/c1-27(2,31)19-11-10-18(20(15-19)28(3,32)33)13-16-6-4-7-17(12-16)14-23(26(36)37)34-25(35)24-21(29)8-5-9-22(24)30;1-11-5-4-6-12(9-11)10-13-7-8-14(16(2,17)18)19(3)15(13)20;10-5-2-1-3-6(11)8(5)9(15)12-4-7(13)14/h4-12,15,23H,13-14H2,1-3H3,(H,34,35)(H,36,37);4-9H,10H2,1-3H3;1-3H,4H2,(H,12,15)(H,13,14). The molecule has 0 aliphatic rings. The van der Waals surface area contributed by atoms with E-state index in [1.54, 1.807) is 24.3 Å². The van der Waals surface area contributed by atoms with Gasteiger partial charge >= 0.3 is 11.9 Å². The van der Waals surface area contributed by atoms with Gasteiger partial charge in [0.2, 0.25) is 0 Å². The van der Waals surface area contributed by atoms with Crippen LogP contribution in [0.3, 0.4) is 0 Å². The highest BCUT2D eigenvalue weighted by Crippen LogP contribution is 2.36. The Morgan fingerprint density at radius 1 is 0.611 bits per heavy atom. The van der Waals surface area contributed by atoms with Gasteiger partial charge in [-0.2, -0.15) is 0 Å². The van der Waals surface area contributed by atoms with Crippen LogP contribution < -0.4 is 16.2 Å². The molecule has 0 aliphatic carbocycles. The van der Waals surface area contributed by atoms with Crippen LogP contribution >= 0.6 is 0 Å². The molecule has 0 bridgehead atoms. The predicted octanol–water partition coefficient (Wildman–Crippen LogP) is 10.5. The first kappa shape index (κ1) is 56.9. The lowest BCUT2D eigenvalue weighted by Gasteiger charge is -2.21. The maximum Gasteiger partial charge on any atom is 0.326 e.